The van der Waals surface area contributed by atoms with E-state index in [0.717, 1.165) is 25.9 Å². The molecule has 1 amide bonds. The summed E-state index contributed by atoms with van der Waals surface area (Å²) in [5.41, 5.74) is 1.01. The third-order valence-electron chi connectivity index (χ3n) is 5.09. The minimum atomic E-state index is -0.185. The second-order valence-electron chi connectivity index (χ2n) is 7.10. The fourth-order valence-electron chi connectivity index (χ4n) is 3.31. The molecule has 5 heteroatoms. The van der Waals surface area contributed by atoms with E-state index in [0.29, 0.717) is 11.1 Å². The van der Waals surface area contributed by atoms with Crippen LogP contribution >= 0.6 is 0 Å². The third-order valence-corrected chi connectivity index (χ3v) is 5.09. The van der Waals surface area contributed by atoms with Gasteiger partial charge in [-0.1, -0.05) is 27.2 Å². The van der Waals surface area contributed by atoms with Gasteiger partial charge in [-0.25, -0.2) is 0 Å². The Bertz CT molecular complexity index is 621. The normalized spacial score (nSPS) is 22.5. The van der Waals surface area contributed by atoms with Crippen LogP contribution in [-0.4, -0.2) is 41.6 Å². The van der Waals surface area contributed by atoms with Crippen molar-refractivity contribution in [3.63, 3.8) is 0 Å². The summed E-state index contributed by atoms with van der Waals surface area (Å²) in [5.74, 6) is -0.0520. The average Bonchev–Trinajstić information content (AvgIpc) is 2.49. The van der Waals surface area contributed by atoms with Crippen molar-refractivity contribution in [2.45, 2.75) is 59.1 Å². The van der Waals surface area contributed by atoms with Crippen molar-refractivity contribution in [3.05, 3.63) is 33.7 Å². The predicted molar refractivity (Wildman–Crippen MR) is 90.7 cm³/mol. The first-order valence-corrected chi connectivity index (χ1v) is 8.37. The topological polar surface area (TPSA) is 62.4 Å². The molecule has 1 aromatic heterocycles. The first-order valence-electron chi connectivity index (χ1n) is 8.37. The van der Waals surface area contributed by atoms with E-state index in [1.165, 1.54) is 12.3 Å². The van der Waals surface area contributed by atoms with E-state index < -0.39 is 0 Å². The Labute approximate surface area is 138 Å². The van der Waals surface area contributed by atoms with Crippen LogP contribution in [0.2, 0.25) is 0 Å². The number of aromatic nitrogens is 1. The second kappa shape index (κ2) is 6.87. The molecule has 0 aliphatic heterocycles. The molecule has 1 saturated carbocycles. The van der Waals surface area contributed by atoms with Crippen molar-refractivity contribution in [3.8, 4) is 0 Å². The molecule has 2 atom stereocenters. The van der Waals surface area contributed by atoms with Crippen LogP contribution in [0.3, 0.4) is 0 Å². The Balaban J connectivity index is 2.05. The zero-order chi connectivity index (χ0) is 17.2. The maximum atomic E-state index is 12.7. The summed E-state index contributed by atoms with van der Waals surface area (Å²) >= 11 is 0. The lowest BCUT2D eigenvalue weighted by Crippen LogP contribution is -2.62. The van der Waals surface area contributed by atoms with Gasteiger partial charge in [0.2, 0.25) is 5.56 Å². The minimum Gasteiger partial charge on any atom is -0.378 e. The molecule has 0 aromatic carbocycles. The number of pyridine rings is 1. The third kappa shape index (κ3) is 3.50. The van der Waals surface area contributed by atoms with Crippen LogP contribution in [-0.2, 0) is 4.74 Å². The largest absolute Gasteiger partial charge is 0.378 e. The number of H-pyrrole nitrogens is 1. The van der Waals surface area contributed by atoms with Gasteiger partial charge in [-0.3, -0.25) is 9.59 Å². The molecule has 5 nitrogen and oxygen atoms in total. The standard InChI is InChI=1S/C18H28N2O3/c1-6-7-8-23-15-10-14(18(15,3)4)20(5)17(22)13-11-19-16(21)9-12(13)2/h9,11,14-15H,6-8,10H2,1-5H3,(H,19,21)/t14-,15-/m0/s1. The molecule has 23 heavy (non-hydrogen) atoms. The lowest BCUT2D eigenvalue weighted by molar-refractivity contribution is -0.140. The zero-order valence-corrected chi connectivity index (χ0v) is 14.8. The number of hydrogen-bond donors (Lipinski definition) is 1. The Morgan fingerprint density at radius 3 is 2.74 bits per heavy atom. The van der Waals surface area contributed by atoms with Gasteiger partial charge in [0.05, 0.1) is 11.7 Å². The van der Waals surface area contributed by atoms with Crippen LogP contribution in [0.4, 0.5) is 0 Å². The van der Waals surface area contributed by atoms with Gasteiger partial charge < -0.3 is 14.6 Å². The summed E-state index contributed by atoms with van der Waals surface area (Å²) in [6, 6.07) is 1.61. The summed E-state index contributed by atoms with van der Waals surface area (Å²) in [5, 5.41) is 0. The van der Waals surface area contributed by atoms with Crippen LogP contribution in [0.5, 0.6) is 0 Å². The number of nitrogens with zero attached hydrogens (tertiary/aromatic N) is 1. The molecule has 2 rings (SSSR count). The van der Waals surface area contributed by atoms with E-state index in [-0.39, 0.29) is 29.0 Å². The second-order valence-corrected chi connectivity index (χ2v) is 7.10. The number of aromatic amines is 1. The van der Waals surface area contributed by atoms with E-state index in [1.807, 2.05) is 7.05 Å². The lowest BCUT2D eigenvalue weighted by Gasteiger charge is -2.55. The molecule has 1 aliphatic carbocycles. The van der Waals surface area contributed by atoms with Crippen LogP contribution in [0.25, 0.3) is 0 Å². The van der Waals surface area contributed by atoms with Crippen molar-refractivity contribution in [2.75, 3.05) is 13.7 Å². The number of amides is 1. The summed E-state index contributed by atoms with van der Waals surface area (Å²) in [6.07, 6.45) is 4.77. The molecule has 1 aromatic rings. The first-order chi connectivity index (χ1) is 10.8. The van der Waals surface area contributed by atoms with Gasteiger partial charge in [-0.05, 0) is 25.3 Å². The maximum absolute atomic E-state index is 12.7. The van der Waals surface area contributed by atoms with Gasteiger partial charge in [-0.15, -0.1) is 0 Å². The SMILES string of the molecule is CCCCO[C@H]1C[C@H](N(C)C(=O)c2c[nH]c(=O)cc2C)C1(C)C. The molecule has 0 spiro atoms. The summed E-state index contributed by atoms with van der Waals surface area (Å²) in [6.45, 7) is 9.03. The van der Waals surface area contributed by atoms with Crippen molar-refractivity contribution in [1.29, 1.82) is 0 Å². The van der Waals surface area contributed by atoms with Gasteiger partial charge >= 0.3 is 0 Å². The predicted octanol–water partition coefficient (Wildman–Crippen LogP) is 2.74. The number of ether oxygens (including phenoxy) is 1. The summed E-state index contributed by atoms with van der Waals surface area (Å²) in [4.78, 5) is 28.4. The van der Waals surface area contributed by atoms with Crippen LogP contribution in [0.15, 0.2) is 17.1 Å². The number of carbonyl (C=O) groups is 1. The molecule has 128 valence electrons. The fourth-order valence-corrected chi connectivity index (χ4v) is 3.31. The Morgan fingerprint density at radius 2 is 2.17 bits per heavy atom. The molecular formula is C18H28N2O3. The van der Waals surface area contributed by atoms with Crippen molar-refractivity contribution >= 4 is 5.91 Å². The van der Waals surface area contributed by atoms with E-state index >= 15 is 0 Å². The molecule has 0 saturated heterocycles. The average molecular weight is 320 g/mol. The highest BCUT2D eigenvalue weighted by Gasteiger charge is 2.52. The number of hydrogen-bond acceptors (Lipinski definition) is 3. The number of nitrogens with one attached hydrogen (secondary N) is 1. The van der Waals surface area contributed by atoms with Crippen LogP contribution in [0, 0.1) is 12.3 Å². The summed E-state index contributed by atoms with van der Waals surface area (Å²) in [7, 11) is 1.83. The van der Waals surface area contributed by atoms with Gasteiger partial charge in [-0.2, -0.15) is 0 Å². The van der Waals surface area contributed by atoms with E-state index in [1.54, 1.807) is 11.8 Å². The quantitative estimate of drug-likeness (QED) is 0.820. The number of unbranched alkanes of at least 4 members (excludes halogenated alkanes) is 1. The zero-order valence-electron chi connectivity index (χ0n) is 14.8. The van der Waals surface area contributed by atoms with E-state index in [2.05, 4.69) is 25.8 Å². The molecule has 0 unspecified atom stereocenters. The minimum absolute atomic E-state index is 0.0520. The first kappa shape index (κ1) is 17.7. The van der Waals surface area contributed by atoms with Gasteiger partial charge in [0, 0.05) is 37.4 Å². The van der Waals surface area contributed by atoms with E-state index in [9.17, 15) is 9.59 Å². The molecule has 0 radical (unpaired) electrons. The Morgan fingerprint density at radius 1 is 1.48 bits per heavy atom. The number of aryl methyl sites for hydroxylation is 1. The molecule has 1 N–H and O–H groups in total. The molecule has 1 aliphatic rings. The highest BCUT2D eigenvalue weighted by atomic mass is 16.5. The van der Waals surface area contributed by atoms with Crippen molar-refractivity contribution in [2.24, 2.45) is 5.41 Å². The van der Waals surface area contributed by atoms with Gasteiger partial charge in [0.25, 0.3) is 5.91 Å². The van der Waals surface area contributed by atoms with Gasteiger partial charge in [0.15, 0.2) is 0 Å². The smallest absolute Gasteiger partial charge is 0.255 e. The van der Waals surface area contributed by atoms with Crippen LogP contribution < -0.4 is 5.56 Å². The molecular weight excluding hydrogens is 292 g/mol. The number of rotatable bonds is 6. The molecule has 1 fully saturated rings. The highest BCUT2D eigenvalue weighted by Crippen LogP contribution is 2.45. The molecule has 0 bridgehead atoms. The van der Waals surface area contributed by atoms with Crippen molar-refractivity contribution in [1.82, 2.24) is 9.88 Å². The fraction of sp³-hybridized carbons (Fsp3) is 0.667. The highest BCUT2D eigenvalue weighted by molar-refractivity contribution is 5.95. The lowest BCUT2D eigenvalue weighted by atomic mass is 9.63. The van der Waals surface area contributed by atoms with Gasteiger partial charge in [0.1, 0.15) is 0 Å². The Kier molecular flexibility index (Phi) is 5.30. The Hall–Kier alpha value is -1.62. The summed E-state index contributed by atoms with van der Waals surface area (Å²) < 4.78 is 5.95. The monoisotopic (exact) mass is 320 g/mol. The van der Waals surface area contributed by atoms with Crippen molar-refractivity contribution < 1.29 is 9.53 Å². The number of carbonyl (C=O) groups excluding carboxylic acids is 1. The molecule has 1 heterocycles. The van der Waals surface area contributed by atoms with Crippen LogP contribution in [0.1, 0.15) is 56.0 Å². The maximum Gasteiger partial charge on any atom is 0.255 e. The van der Waals surface area contributed by atoms with E-state index in [4.69, 9.17) is 4.74 Å².